The Hall–Kier alpha value is -2.46. The summed E-state index contributed by atoms with van der Waals surface area (Å²) in [5.74, 6) is -0.517. The number of halogens is 3. The van der Waals surface area contributed by atoms with E-state index in [4.69, 9.17) is 0 Å². The zero-order valence-electron chi connectivity index (χ0n) is 14.4. The van der Waals surface area contributed by atoms with Crippen LogP contribution in [0.3, 0.4) is 0 Å². The second-order valence-electron chi connectivity index (χ2n) is 5.74. The third-order valence-corrected chi connectivity index (χ3v) is 5.51. The molecule has 0 saturated carbocycles. The molecule has 0 bridgehead atoms. The molecule has 10 heteroatoms. The minimum atomic E-state index is -4.39. The number of sulfonamides is 1. The minimum absolute atomic E-state index is 0.0231. The highest BCUT2D eigenvalue weighted by Crippen LogP contribution is 2.29. The molecule has 0 aliphatic carbocycles. The van der Waals surface area contributed by atoms with Gasteiger partial charge in [-0.05, 0) is 36.2 Å². The quantitative estimate of drug-likeness (QED) is 0.771. The predicted octanol–water partition coefficient (Wildman–Crippen LogP) is 2.08. The van der Waals surface area contributed by atoms with Crippen molar-refractivity contribution in [1.29, 1.82) is 0 Å². The van der Waals surface area contributed by atoms with Crippen molar-refractivity contribution < 1.29 is 26.4 Å². The fourth-order valence-corrected chi connectivity index (χ4v) is 3.32. The third kappa shape index (κ3) is 5.76. The summed E-state index contributed by atoms with van der Waals surface area (Å²) in [5.41, 5.74) is -0.114. The first-order chi connectivity index (χ1) is 12.6. The highest BCUT2D eigenvalue weighted by Gasteiger charge is 2.29. The third-order valence-electron chi connectivity index (χ3n) is 3.73. The van der Waals surface area contributed by atoms with Crippen molar-refractivity contribution in [1.82, 2.24) is 14.6 Å². The number of benzene rings is 1. The molecule has 0 atom stereocenters. The molecule has 0 radical (unpaired) electrons. The summed E-state index contributed by atoms with van der Waals surface area (Å²) in [5, 5.41) is 2.55. The maximum atomic E-state index is 12.5. The first-order valence-electron chi connectivity index (χ1n) is 7.90. The number of alkyl halides is 3. The summed E-state index contributed by atoms with van der Waals surface area (Å²) in [6.45, 7) is -0.213. The van der Waals surface area contributed by atoms with Gasteiger partial charge in [0.05, 0.1) is 12.1 Å². The normalized spacial score (nSPS) is 12.2. The van der Waals surface area contributed by atoms with Crippen LogP contribution in [0.15, 0.2) is 53.7 Å². The number of carbonyl (C=O) groups excluding carboxylic acids is 1. The maximum Gasteiger partial charge on any atom is 0.416 e. The van der Waals surface area contributed by atoms with Crippen LogP contribution >= 0.6 is 0 Å². The summed E-state index contributed by atoms with van der Waals surface area (Å²) >= 11 is 0. The highest BCUT2D eigenvalue weighted by molar-refractivity contribution is 7.89. The Labute approximate surface area is 155 Å². The highest BCUT2D eigenvalue weighted by atomic mass is 32.2. The van der Waals surface area contributed by atoms with Crippen molar-refractivity contribution in [3.8, 4) is 0 Å². The van der Waals surface area contributed by atoms with E-state index in [-0.39, 0.29) is 18.0 Å². The van der Waals surface area contributed by atoms with Gasteiger partial charge in [-0.1, -0.05) is 12.1 Å². The van der Waals surface area contributed by atoms with Crippen LogP contribution in [0.5, 0.6) is 0 Å². The van der Waals surface area contributed by atoms with Gasteiger partial charge in [-0.3, -0.25) is 9.78 Å². The SMILES string of the molecule is CN(CC(=O)NCCc1ccc(C(F)(F)F)cc1)S(=O)(=O)c1cccnc1. The van der Waals surface area contributed by atoms with Crippen molar-refractivity contribution in [3.63, 3.8) is 0 Å². The van der Waals surface area contributed by atoms with E-state index in [1.165, 1.54) is 43.7 Å². The van der Waals surface area contributed by atoms with Gasteiger partial charge in [0.2, 0.25) is 15.9 Å². The number of nitrogens with one attached hydrogen (secondary N) is 1. The van der Waals surface area contributed by atoms with Crippen LogP contribution in [0.4, 0.5) is 13.2 Å². The Morgan fingerprint density at radius 3 is 2.41 bits per heavy atom. The van der Waals surface area contributed by atoms with Gasteiger partial charge in [-0.25, -0.2) is 8.42 Å². The lowest BCUT2D eigenvalue weighted by Crippen LogP contribution is -2.39. The first kappa shape index (κ1) is 20.8. The van der Waals surface area contributed by atoms with E-state index in [9.17, 15) is 26.4 Å². The second kappa shape index (κ2) is 8.49. The molecule has 27 heavy (non-hydrogen) atoms. The smallest absolute Gasteiger partial charge is 0.355 e. The van der Waals surface area contributed by atoms with E-state index in [0.29, 0.717) is 12.0 Å². The van der Waals surface area contributed by atoms with E-state index >= 15 is 0 Å². The molecule has 0 aliphatic rings. The van der Waals surface area contributed by atoms with Crippen molar-refractivity contribution >= 4 is 15.9 Å². The van der Waals surface area contributed by atoms with E-state index in [0.717, 1.165) is 16.4 Å². The molecule has 1 N–H and O–H groups in total. The minimum Gasteiger partial charge on any atom is -0.355 e. The Bertz CT molecular complexity index is 870. The van der Waals surface area contributed by atoms with Crippen molar-refractivity contribution in [3.05, 3.63) is 59.9 Å². The molecular weight excluding hydrogens is 383 g/mol. The van der Waals surface area contributed by atoms with Gasteiger partial charge in [-0.15, -0.1) is 0 Å². The van der Waals surface area contributed by atoms with E-state index in [1.807, 2.05) is 0 Å². The van der Waals surface area contributed by atoms with Crippen LogP contribution in [0.25, 0.3) is 0 Å². The van der Waals surface area contributed by atoms with Crippen LogP contribution in [-0.4, -0.2) is 43.8 Å². The lowest BCUT2D eigenvalue weighted by molar-refractivity contribution is -0.137. The fourth-order valence-electron chi connectivity index (χ4n) is 2.23. The monoisotopic (exact) mass is 401 g/mol. The molecule has 1 aromatic carbocycles. The molecule has 0 saturated heterocycles. The lowest BCUT2D eigenvalue weighted by Gasteiger charge is -2.16. The molecule has 1 amide bonds. The van der Waals surface area contributed by atoms with Gasteiger partial charge in [0.15, 0.2) is 0 Å². The average Bonchev–Trinajstić information content (AvgIpc) is 2.62. The zero-order valence-corrected chi connectivity index (χ0v) is 15.2. The molecule has 146 valence electrons. The molecule has 0 aliphatic heterocycles. The zero-order chi connectivity index (χ0) is 20.1. The maximum absolute atomic E-state index is 12.5. The van der Waals surface area contributed by atoms with E-state index < -0.39 is 27.7 Å². The van der Waals surface area contributed by atoms with Crippen LogP contribution < -0.4 is 5.32 Å². The number of hydrogen-bond donors (Lipinski definition) is 1. The number of amides is 1. The summed E-state index contributed by atoms with van der Waals surface area (Å²) in [6.07, 6.45) is -1.44. The van der Waals surface area contributed by atoms with Gasteiger partial charge in [-0.2, -0.15) is 17.5 Å². The molecule has 0 unspecified atom stereocenters. The number of hydrogen-bond acceptors (Lipinski definition) is 4. The average molecular weight is 401 g/mol. The number of rotatable bonds is 7. The summed E-state index contributed by atoms with van der Waals surface area (Å²) in [6, 6.07) is 7.49. The topological polar surface area (TPSA) is 79.4 Å². The van der Waals surface area contributed by atoms with Crippen molar-refractivity contribution in [2.75, 3.05) is 20.1 Å². The van der Waals surface area contributed by atoms with Gasteiger partial charge in [0, 0.05) is 26.0 Å². The van der Waals surface area contributed by atoms with Gasteiger partial charge < -0.3 is 5.32 Å². The Kier molecular flexibility index (Phi) is 6.55. The molecular formula is C17H18F3N3O3S. The van der Waals surface area contributed by atoms with Gasteiger partial charge in [0.25, 0.3) is 0 Å². The number of carbonyl (C=O) groups is 1. The summed E-state index contributed by atoms with van der Waals surface area (Å²) in [4.78, 5) is 15.6. The second-order valence-corrected chi connectivity index (χ2v) is 7.79. The summed E-state index contributed by atoms with van der Waals surface area (Å²) in [7, 11) is -2.55. The van der Waals surface area contributed by atoms with Crippen LogP contribution in [0, 0.1) is 0 Å². The van der Waals surface area contributed by atoms with Crippen LogP contribution in [0.1, 0.15) is 11.1 Å². The Morgan fingerprint density at radius 1 is 1.19 bits per heavy atom. The van der Waals surface area contributed by atoms with Crippen molar-refractivity contribution in [2.45, 2.75) is 17.5 Å². The van der Waals surface area contributed by atoms with Gasteiger partial charge >= 0.3 is 6.18 Å². The number of pyridine rings is 1. The van der Waals surface area contributed by atoms with Gasteiger partial charge in [0.1, 0.15) is 4.90 Å². The molecule has 1 aromatic heterocycles. The van der Waals surface area contributed by atoms with E-state index in [2.05, 4.69) is 10.3 Å². The Morgan fingerprint density at radius 2 is 1.85 bits per heavy atom. The number of nitrogens with zero attached hydrogens (tertiary/aromatic N) is 2. The molecule has 1 heterocycles. The molecule has 6 nitrogen and oxygen atoms in total. The number of likely N-dealkylation sites (N-methyl/N-ethyl adjacent to an activating group) is 1. The van der Waals surface area contributed by atoms with Crippen LogP contribution in [0.2, 0.25) is 0 Å². The number of aromatic nitrogens is 1. The fraction of sp³-hybridized carbons (Fsp3) is 0.294. The standard InChI is InChI=1S/C17H18F3N3O3S/c1-23(27(25,26)15-3-2-9-21-11-15)12-16(24)22-10-8-13-4-6-14(7-5-13)17(18,19)20/h2-7,9,11H,8,10,12H2,1H3,(H,22,24). The molecule has 0 fully saturated rings. The summed E-state index contributed by atoms with van der Waals surface area (Å²) < 4.78 is 63.0. The molecule has 0 spiro atoms. The van der Waals surface area contributed by atoms with Crippen molar-refractivity contribution in [2.24, 2.45) is 0 Å². The largest absolute Gasteiger partial charge is 0.416 e. The predicted molar refractivity (Wildman–Crippen MR) is 92.2 cm³/mol. The lowest BCUT2D eigenvalue weighted by atomic mass is 10.1. The van der Waals surface area contributed by atoms with Crippen LogP contribution in [-0.2, 0) is 27.4 Å². The molecule has 2 aromatic rings. The first-order valence-corrected chi connectivity index (χ1v) is 9.34. The van der Waals surface area contributed by atoms with E-state index in [1.54, 1.807) is 0 Å². The molecule has 2 rings (SSSR count). The Balaban J connectivity index is 1.84.